The maximum atomic E-state index is 7.03. The molecule has 0 fully saturated rings. The number of para-hydroxylation sites is 2. The highest BCUT2D eigenvalue weighted by molar-refractivity contribution is 6.87. The summed E-state index contributed by atoms with van der Waals surface area (Å²) in [4.78, 5) is 7.89. The molecule has 0 radical (unpaired) electrons. The van der Waals surface area contributed by atoms with Gasteiger partial charge in [-0.15, -0.1) is 0 Å². The van der Waals surface area contributed by atoms with Crippen LogP contribution in [0.2, 0.25) is 26.2 Å². The van der Waals surface area contributed by atoms with Crippen molar-refractivity contribution in [2.75, 3.05) is 9.96 Å². The van der Waals surface area contributed by atoms with Crippen LogP contribution >= 0.6 is 0 Å². The average Bonchev–Trinajstić information content (AvgIpc) is 2.65. The van der Waals surface area contributed by atoms with E-state index in [4.69, 9.17) is 4.12 Å². The highest BCUT2D eigenvalue weighted by Crippen LogP contribution is 2.36. The first kappa shape index (κ1) is 27.7. The number of hydrogen-bond acceptors (Lipinski definition) is 3. The largest absolute Gasteiger partial charge is 0.424 e. The van der Waals surface area contributed by atoms with Crippen molar-refractivity contribution >= 4 is 28.3 Å². The normalized spacial score (nSPS) is 12.8. The molecule has 0 heterocycles. The van der Waals surface area contributed by atoms with Gasteiger partial charge in [0.25, 0.3) is 17.0 Å². The summed E-state index contributed by atoms with van der Waals surface area (Å²) in [6.45, 7) is 27.4. The first-order valence-corrected chi connectivity index (χ1v) is 18.5. The zero-order chi connectivity index (χ0) is 25.1. The Morgan fingerprint density at radius 1 is 0.515 bits per heavy atom. The Morgan fingerprint density at radius 3 is 0.970 bits per heavy atom. The molecule has 2 rings (SSSR count). The maximum absolute atomic E-state index is 7.03. The lowest BCUT2D eigenvalue weighted by Crippen LogP contribution is -2.54. The van der Waals surface area contributed by atoms with Gasteiger partial charge in [-0.3, -0.25) is 0 Å². The smallest absolute Gasteiger partial charge is 0.282 e. The van der Waals surface area contributed by atoms with E-state index in [0.717, 1.165) is 0 Å². The van der Waals surface area contributed by atoms with Crippen LogP contribution in [0.25, 0.3) is 0 Å². The molecule has 0 aliphatic carbocycles. The van der Waals surface area contributed by atoms with Gasteiger partial charge in [-0.1, -0.05) is 91.8 Å². The number of hydrogen-bond donors (Lipinski definition) is 2. The van der Waals surface area contributed by atoms with Crippen LogP contribution in [0.1, 0.15) is 101 Å². The van der Waals surface area contributed by atoms with Crippen molar-refractivity contribution < 1.29 is 4.12 Å². The summed E-state index contributed by atoms with van der Waals surface area (Å²) in [5.41, 5.74) is 8.09. The Morgan fingerprint density at radius 2 is 0.758 bits per heavy atom. The second-order valence-corrected chi connectivity index (χ2v) is 19.0. The van der Waals surface area contributed by atoms with E-state index < -0.39 is 17.0 Å². The van der Waals surface area contributed by atoms with Crippen molar-refractivity contribution in [2.24, 2.45) is 0 Å². The van der Waals surface area contributed by atoms with Gasteiger partial charge in [0, 0.05) is 11.4 Å². The van der Waals surface area contributed by atoms with Crippen LogP contribution in [0.3, 0.4) is 0 Å². The quantitative estimate of drug-likeness (QED) is 0.330. The topological polar surface area (TPSA) is 33.3 Å². The van der Waals surface area contributed by atoms with Crippen LogP contribution in [-0.2, 0) is 4.12 Å². The van der Waals surface area contributed by atoms with Crippen LogP contribution < -0.4 is 9.96 Å². The van der Waals surface area contributed by atoms with E-state index in [1.54, 1.807) is 0 Å². The van der Waals surface area contributed by atoms with E-state index in [1.807, 2.05) is 0 Å². The fraction of sp³-hybridized carbons (Fsp3) is 0.571. The summed E-state index contributed by atoms with van der Waals surface area (Å²) in [7, 11) is -4.46. The van der Waals surface area contributed by atoms with Crippen LogP contribution in [0.4, 0.5) is 11.4 Å². The summed E-state index contributed by atoms with van der Waals surface area (Å²) < 4.78 is 7.03. The molecule has 0 atom stereocenters. The first-order chi connectivity index (χ1) is 15.1. The van der Waals surface area contributed by atoms with Crippen molar-refractivity contribution in [3.8, 4) is 0 Å². The minimum absolute atomic E-state index is 0.464. The van der Waals surface area contributed by atoms with E-state index >= 15 is 0 Å². The lowest BCUT2D eigenvalue weighted by molar-refractivity contribution is 0.557. The third kappa shape index (κ3) is 7.21. The van der Waals surface area contributed by atoms with Crippen LogP contribution in [0, 0.1) is 0 Å². The van der Waals surface area contributed by atoms with Crippen LogP contribution in [0.15, 0.2) is 36.4 Å². The molecule has 0 bridgehead atoms. The molecule has 5 heteroatoms. The molecule has 0 spiro atoms. The Kier molecular flexibility index (Phi) is 9.05. The molecule has 184 valence electrons. The summed E-state index contributed by atoms with van der Waals surface area (Å²) in [5.74, 6) is 1.86. The standard InChI is InChI=1S/C28H48N2OSi2/c1-19(2)23-15-13-16-24(20(3)4)27(23)29-32(9,10)31-33(11,12)30-28-25(21(5)6)17-14-18-26(28)22(7)8/h13-22,29-30H,1-12H3. The number of anilines is 2. The number of benzene rings is 2. The molecule has 0 amide bonds. The molecule has 0 aliphatic heterocycles. The summed E-state index contributed by atoms with van der Waals surface area (Å²) in [5, 5.41) is 0. The molecule has 0 saturated heterocycles. The maximum Gasteiger partial charge on any atom is 0.282 e. The minimum Gasteiger partial charge on any atom is -0.424 e. The SMILES string of the molecule is CC(C)c1cccc(C(C)C)c1N[Si](C)(C)O[Si](C)(C)Nc1c(C(C)C)cccc1C(C)C. The highest BCUT2D eigenvalue weighted by atomic mass is 28.4. The van der Waals surface area contributed by atoms with Gasteiger partial charge in [0.15, 0.2) is 0 Å². The molecule has 0 unspecified atom stereocenters. The molecule has 2 N–H and O–H groups in total. The van der Waals surface area contributed by atoms with Gasteiger partial charge >= 0.3 is 0 Å². The summed E-state index contributed by atoms with van der Waals surface area (Å²) >= 11 is 0. The molecule has 0 aromatic heterocycles. The van der Waals surface area contributed by atoms with Gasteiger partial charge in [0.1, 0.15) is 0 Å². The molecule has 2 aromatic rings. The van der Waals surface area contributed by atoms with E-state index in [1.165, 1.54) is 33.6 Å². The van der Waals surface area contributed by atoms with E-state index in [-0.39, 0.29) is 0 Å². The van der Waals surface area contributed by atoms with Gasteiger partial charge in [0.05, 0.1) is 0 Å². The van der Waals surface area contributed by atoms with Crippen LogP contribution in [0.5, 0.6) is 0 Å². The molecule has 0 aliphatic rings. The Balaban J connectivity index is 2.38. The summed E-state index contributed by atoms with van der Waals surface area (Å²) in [6.07, 6.45) is 0. The monoisotopic (exact) mass is 484 g/mol. The summed E-state index contributed by atoms with van der Waals surface area (Å²) in [6, 6.07) is 13.4. The number of nitrogens with one attached hydrogen (secondary N) is 2. The lowest BCUT2D eigenvalue weighted by atomic mass is 9.93. The third-order valence-corrected chi connectivity index (χ3v) is 11.9. The zero-order valence-corrected chi connectivity index (χ0v) is 25.2. The van der Waals surface area contributed by atoms with Gasteiger partial charge in [-0.2, -0.15) is 0 Å². The molecule has 2 aromatic carbocycles. The Bertz CT molecular complexity index is 805. The van der Waals surface area contributed by atoms with E-state index in [0.29, 0.717) is 23.7 Å². The molecular weight excluding hydrogens is 436 g/mol. The van der Waals surface area contributed by atoms with Crippen molar-refractivity contribution in [3.05, 3.63) is 58.7 Å². The number of rotatable bonds is 10. The van der Waals surface area contributed by atoms with Gasteiger partial charge in [0.2, 0.25) is 0 Å². The second-order valence-electron chi connectivity index (χ2n) is 11.6. The van der Waals surface area contributed by atoms with Gasteiger partial charge in [-0.05, 0) is 72.1 Å². The second kappa shape index (κ2) is 10.8. The van der Waals surface area contributed by atoms with Gasteiger partial charge in [-0.25, -0.2) is 0 Å². The highest BCUT2D eigenvalue weighted by Gasteiger charge is 2.36. The van der Waals surface area contributed by atoms with Crippen molar-refractivity contribution in [2.45, 2.75) is 105 Å². The van der Waals surface area contributed by atoms with Crippen molar-refractivity contribution in [3.63, 3.8) is 0 Å². The predicted molar refractivity (Wildman–Crippen MR) is 153 cm³/mol. The van der Waals surface area contributed by atoms with Crippen LogP contribution in [-0.4, -0.2) is 17.0 Å². The van der Waals surface area contributed by atoms with E-state index in [9.17, 15) is 0 Å². The van der Waals surface area contributed by atoms with Crippen molar-refractivity contribution in [1.29, 1.82) is 0 Å². The molecular formula is C28H48N2OSi2. The molecule has 33 heavy (non-hydrogen) atoms. The third-order valence-electron chi connectivity index (χ3n) is 6.11. The van der Waals surface area contributed by atoms with E-state index in [2.05, 4.69) is 128 Å². The minimum atomic E-state index is -2.23. The Hall–Kier alpha value is -1.57. The Labute approximate surface area is 206 Å². The fourth-order valence-electron chi connectivity index (χ4n) is 4.68. The molecule has 0 saturated carbocycles. The molecule has 3 nitrogen and oxygen atoms in total. The zero-order valence-electron chi connectivity index (χ0n) is 23.2. The first-order valence-electron chi connectivity index (χ1n) is 12.7. The lowest BCUT2D eigenvalue weighted by Gasteiger charge is -2.38. The van der Waals surface area contributed by atoms with Crippen molar-refractivity contribution in [1.82, 2.24) is 0 Å². The average molecular weight is 485 g/mol. The predicted octanol–water partition coefficient (Wildman–Crippen LogP) is 9.12. The fourth-order valence-corrected chi connectivity index (χ4v) is 12.0. The van der Waals surface area contributed by atoms with Gasteiger partial charge < -0.3 is 14.1 Å².